The van der Waals surface area contributed by atoms with Gasteiger partial charge in [0.05, 0.1) is 12.7 Å². The molecule has 1 aromatic rings. The van der Waals surface area contributed by atoms with E-state index in [0.29, 0.717) is 5.56 Å². The summed E-state index contributed by atoms with van der Waals surface area (Å²) in [6.45, 7) is 6.20. The molecule has 0 bridgehead atoms. The number of esters is 1. The molecule has 0 aliphatic heterocycles. The Labute approximate surface area is 182 Å². The molecule has 5 atom stereocenters. The van der Waals surface area contributed by atoms with Gasteiger partial charge in [0, 0.05) is 11.8 Å². The number of benzene rings is 1. The van der Waals surface area contributed by atoms with Gasteiger partial charge in [0.25, 0.3) is 0 Å². The van der Waals surface area contributed by atoms with Crippen LogP contribution >= 0.6 is 0 Å². The van der Waals surface area contributed by atoms with Crippen molar-refractivity contribution >= 4 is 18.0 Å². The molecule has 32 heavy (non-hydrogen) atoms. The number of nitrogens with one attached hydrogen (secondary N) is 1. The largest absolute Gasteiger partial charge is 0.479 e. The van der Waals surface area contributed by atoms with Crippen molar-refractivity contribution in [3.63, 3.8) is 0 Å². The summed E-state index contributed by atoms with van der Waals surface area (Å²) in [4.78, 5) is 37.0. The number of carboxylic acids is 1. The van der Waals surface area contributed by atoms with Crippen LogP contribution < -0.4 is 5.32 Å². The van der Waals surface area contributed by atoms with E-state index in [2.05, 4.69) is 18.5 Å². The Morgan fingerprint density at radius 1 is 1.16 bits per heavy atom. The molecule has 2 aliphatic carbocycles. The number of alkyl halides is 1. The highest BCUT2D eigenvalue weighted by molar-refractivity contribution is 5.93. The average Bonchev–Trinajstić information content (AvgIpc) is 3.21. The minimum atomic E-state index is -2.61. The number of aliphatic carboxylic acids is 1. The predicted molar refractivity (Wildman–Crippen MR) is 107 cm³/mol. The van der Waals surface area contributed by atoms with Crippen molar-refractivity contribution < 1.29 is 42.5 Å². The van der Waals surface area contributed by atoms with E-state index in [0.717, 1.165) is 0 Å². The van der Waals surface area contributed by atoms with Crippen LogP contribution in [-0.4, -0.2) is 53.7 Å². The summed E-state index contributed by atoms with van der Waals surface area (Å²) in [5.74, 6) is -5.74. The Hall–Kier alpha value is -3.27. The van der Waals surface area contributed by atoms with Gasteiger partial charge in [-0.3, -0.25) is 0 Å². The zero-order chi connectivity index (χ0) is 23.5. The van der Waals surface area contributed by atoms with Gasteiger partial charge in [0.1, 0.15) is 19.0 Å². The number of carbonyl (C=O) groups excluding carboxylic acids is 2. The number of rotatable bonds is 10. The van der Waals surface area contributed by atoms with E-state index in [9.17, 15) is 23.9 Å². The van der Waals surface area contributed by atoms with Gasteiger partial charge in [-0.15, -0.1) is 0 Å². The summed E-state index contributed by atoms with van der Waals surface area (Å²) in [5.41, 5.74) is -4.36. The van der Waals surface area contributed by atoms with Crippen molar-refractivity contribution in [3.8, 4) is 0 Å². The van der Waals surface area contributed by atoms with Crippen molar-refractivity contribution in [2.75, 3.05) is 13.2 Å². The van der Waals surface area contributed by atoms with E-state index in [-0.39, 0.29) is 26.2 Å². The molecule has 0 radical (unpaired) electrons. The molecular weight excluding hydrogens is 428 g/mol. The molecule has 8 nitrogen and oxygen atoms in total. The second-order valence-corrected chi connectivity index (χ2v) is 7.59. The van der Waals surface area contributed by atoms with Gasteiger partial charge >= 0.3 is 18.0 Å². The minimum Gasteiger partial charge on any atom is -0.479 e. The number of carboxylic acid groups (broad SMARTS) is 1. The summed E-state index contributed by atoms with van der Waals surface area (Å²) in [5, 5.41) is 12.3. The molecule has 0 spiro atoms. The van der Waals surface area contributed by atoms with Crippen molar-refractivity contribution in [3.05, 3.63) is 61.0 Å². The second kappa shape index (κ2) is 9.07. The highest BCUT2D eigenvalue weighted by Gasteiger charge is 2.87. The van der Waals surface area contributed by atoms with Gasteiger partial charge in [-0.2, -0.15) is 0 Å². The number of amides is 1. The number of hydrogen-bond acceptors (Lipinski definition) is 6. The smallest absolute Gasteiger partial charge is 0.408 e. The quantitative estimate of drug-likeness (QED) is 0.415. The van der Waals surface area contributed by atoms with Gasteiger partial charge < -0.3 is 24.6 Å². The lowest BCUT2D eigenvalue weighted by atomic mass is 9.86. The third kappa shape index (κ3) is 3.97. The maximum atomic E-state index is 15.6. The summed E-state index contributed by atoms with van der Waals surface area (Å²) in [6.07, 6.45) is 0.0450. The van der Waals surface area contributed by atoms with Crippen molar-refractivity contribution in [1.82, 2.24) is 5.32 Å². The lowest BCUT2D eigenvalue weighted by Gasteiger charge is -2.35. The Morgan fingerprint density at radius 3 is 2.38 bits per heavy atom. The van der Waals surface area contributed by atoms with Crippen LogP contribution in [0.2, 0.25) is 0 Å². The summed E-state index contributed by atoms with van der Waals surface area (Å²) in [7, 11) is 0. The maximum absolute atomic E-state index is 15.6. The van der Waals surface area contributed by atoms with Crippen LogP contribution in [-0.2, 0) is 30.4 Å². The first-order valence-electron chi connectivity index (χ1n) is 9.84. The molecular formula is C22H23F2NO7. The maximum Gasteiger partial charge on any atom is 0.408 e. The van der Waals surface area contributed by atoms with E-state index >= 15 is 4.39 Å². The van der Waals surface area contributed by atoms with Gasteiger partial charge in [-0.1, -0.05) is 37.4 Å². The fourth-order valence-corrected chi connectivity index (χ4v) is 4.32. The van der Waals surface area contributed by atoms with Gasteiger partial charge in [0.2, 0.25) is 5.67 Å². The number of alkyl carbamates (subject to hydrolysis) is 1. The van der Waals surface area contributed by atoms with Crippen LogP contribution in [0.3, 0.4) is 0 Å². The third-order valence-corrected chi connectivity index (χ3v) is 5.76. The highest BCUT2D eigenvalue weighted by Crippen LogP contribution is 2.68. The molecule has 2 N–H and O–H groups in total. The van der Waals surface area contributed by atoms with Crippen LogP contribution in [0.1, 0.15) is 12.0 Å². The normalized spacial score (nSPS) is 30.0. The van der Waals surface area contributed by atoms with Crippen LogP contribution in [0.25, 0.3) is 0 Å². The highest BCUT2D eigenvalue weighted by atomic mass is 19.1. The van der Waals surface area contributed by atoms with Gasteiger partial charge in [-0.25, -0.2) is 23.2 Å². The molecule has 1 aromatic carbocycles. The first kappa shape index (κ1) is 23.4. The van der Waals surface area contributed by atoms with E-state index in [4.69, 9.17) is 14.2 Å². The molecule has 0 saturated heterocycles. The van der Waals surface area contributed by atoms with E-state index in [1.165, 1.54) is 36.4 Å². The van der Waals surface area contributed by atoms with Crippen LogP contribution in [0.4, 0.5) is 13.6 Å². The van der Waals surface area contributed by atoms with Crippen LogP contribution in [0.5, 0.6) is 0 Å². The summed E-state index contributed by atoms with van der Waals surface area (Å²) in [6, 6.07) is 5.32. The minimum absolute atomic E-state index is 0.122. The molecule has 0 aromatic heterocycles. The van der Waals surface area contributed by atoms with E-state index < -0.39 is 53.0 Å². The van der Waals surface area contributed by atoms with Crippen molar-refractivity contribution in [2.45, 2.75) is 30.3 Å². The molecule has 2 aliphatic rings. The van der Waals surface area contributed by atoms with Crippen LogP contribution in [0, 0.1) is 17.7 Å². The third-order valence-electron chi connectivity index (χ3n) is 5.76. The fourth-order valence-electron chi connectivity index (χ4n) is 4.32. The Bertz CT molecular complexity index is 921. The first-order chi connectivity index (χ1) is 15.2. The SMILES string of the molecule is C=CCOC(=O)N[C@@]1(C(=O)O)C(OCc2ccc(F)cc2)C[C@@H]2[C@H]1[C@@]2(F)C(=O)OCC=C. The lowest BCUT2D eigenvalue weighted by molar-refractivity contribution is -0.161. The van der Waals surface area contributed by atoms with Gasteiger partial charge in [-0.05, 0) is 24.1 Å². The molecule has 1 amide bonds. The number of ether oxygens (including phenoxy) is 3. The molecule has 0 heterocycles. The van der Waals surface area contributed by atoms with E-state index in [1.54, 1.807) is 0 Å². The molecule has 10 heteroatoms. The molecule has 3 rings (SSSR count). The van der Waals surface area contributed by atoms with Gasteiger partial charge in [0.15, 0.2) is 5.54 Å². The predicted octanol–water partition coefficient (Wildman–Crippen LogP) is 2.53. The number of halogens is 2. The Balaban J connectivity index is 1.87. The number of fused-ring (bicyclic) bond motifs is 1. The van der Waals surface area contributed by atoms with Crippen molar-refractivity contribution in [1.29, 1.82) is 0 Å². The molecule has 2 fully saturated rings. The summed E-state index contributed by atoms with van der Waals surface area (Å²) >= 11 is 0. The Kier molecular flexibility index (Phi) is 6.63. The average molecular weight is 451 g/mol. The molecule has 1 unspecified atom stereocenters. The Morgan fingerprint density at radius 2 is 1.78 bits per heavy atom. The molecule has 172 valence electrons. The fraction of sp³-hybridized carbons (Fsp3) is 0.409. The topological polar surface area (TPSA) is 111 Å². The lowest BCUT2D eigenvalue weighted by Crippen LogP contribution is -2.64. The van der Waals surface area contributed by atoms with Crippen LogP contribution in [0.15, 0.2) is 49.6 Å². The standard InChI is InChI=1S/C22H23F2NO7/c1-3-9-30-19(28)21(24)15-11-16(32-12-13-5-7-14(23)8-6-13)22(17(15)21,18(26)27)25-20(29)31-10-4-2/h3-8,15-17H,1-2,9-12H2,(H,25,29)(H,26,27)/t15-,16?,17+,21-,22+/m1/s1. The monoisotopic (exact) mass is 451 g/mol. The zero-order valence-electron chi connectivity index (χ0n) is 17.1. The summed E-state index contributed by atoms with van der Waals surface area (Å²) < 4.78 is 44.1. The van der Waals surface area contributed by atoms with Crippen molar-refractivity contribution in [2.24, 2.45) is 11.8 Å². The zero-order valence-corrected chi connectivity index (χ0v) is 17.1. The van der Waals surface area contributed by atoms with E-state index in [1.807, 2.05) is 0 Å². The first-order valence-corrected chi connectivity index (χ1v) is 9.84. The number of carbonyl (C=O) groups is 3. The molecule has 2 saturated carbocycles. The second-order valence-electron chi connectivity index (χ2n) is 7.59. The number of hydrogen-bond donors (Lipinski definition) is 2.